The highest BCUT2D eigenvalue weighted by atomic mass is 32.1. The van der Waals surface area contributed by atoms with E-state index in [4.69, 9.17) is 17.0 Å². The Morgan fingerprint density at radius 2 is 2.42 bits per heavy atom. The zero-order valence-electron chi connectivity index (χ0n) is 13.7. The molecule has 0 aliphatic carbocycles. The summed E-state index contributed by atoms with van der Waals surface area (Å²) in [6.07, 6.45) is 2.61. The Morgan fingerprint density at radius 1 is 1.54 bits per heavy atom. The van der Waals surface area contributed by atoms with Crippen molar-refractivity contribution in [2.45, 2.75) is 38.8 Å². The van der Waals surface area contributed by atoms with Gasteiger partial charge in [-0.05, 0) is 38.0 Å². The topological polar surface area (TPSA) is 71.9 Å². The van der Waals surface area contributed by atoms with Crippen LogP contribution in [0, 0.1) is 11.7 Å². The number of carbonyl (C=O) groups excluding carboxylic acids is 1. The second-order valence-corrected chi connectivity index (χ2v) is 6.45. The van der Waals surface area contributed by atoms with Gasteiger partial charge in [-0.25, -0.2) is 0 Å². The van der Waals surface area contributed by atoms with Crippen molar-refractivity contribution in [2.75, 3.05) is 13.2 Å². The molecule has 7 heteroatoms. The Kier molecular flexibility index (Phi) is 5.42. The molecule has 1 fully saturated rings. The molecule has 0 unspecified atom stereocenters. The van der Waals surface area contributed by atoms with Crippen molar-refractivity contribution in [1.29, 1.82) is 0 Å². The largest absolute Gasteiger partial charge is 0.376 e. The summed E-state index contributed by atoms with van der Waals surface area (Å²) < 4.78 is 7.91. The number of nitrogens with zero attached hydrogens (tertiary/aromatic N) is 2. The number of aryl methyl sites for hydroxylation is 1. The number of hydrogen-bond acceptors (Lipinski definition) is 4. The smallest absolute Gasteiger partial charge is 0.221 e. The highest BCUT2D eigenvalue weighted by Gasteiger charge is 2.16. The minimum absolute atomic E-state index is 0.00351. The van der Waals surface area contributed by atoms with Crippen LogP contribution in [-0.2, 0) is 16.1 Å². The number of amides is 1. The van der Waals surface area contributed by atoms with E-state index in [9.17, 15) is 4.79 Å². The third-order valence-electron chi connectivity index (χ3n) is 4.15. The maximum Gasteiger partial charge on any atom is 0.221 e. The Balaban J connectivity index is 1.62. The van der Waals surface area contributed by atoms with Gasteiger partial charge < -0.3 is 10.1 Å². The van der Waals surface area contributed by atoms with Crippen LogP contribution in [0.1, 0.15) is 24.8 Å². The Bertz CT molecular complexity index is 762. The monoisotopic (exact) mass is 346 g/mol. The van der Waals surface area contributed by atoms with E-state index in [1.165, 1.54) is 0 Å². The first kappa shape index (κ1) is 16.9. The van der Waals surface area contributed by atoms with Crippen LogP contribution < -0.4 is 5.32 Å². The van der Waals surface area contributed by atoms with Crippen LogP contribution in [0.2, 0.25) is 0 Å². The first-order chi connectivity index (χ1) is 11.6. The van der Waals surface area contributed by atoms with Crippen LogP contribution in [0.4, 0.5) is 0 Å². The summed E-state index contributed by atoms with van der Waals surface area (Å²) in [6.45, 7) is 3.91. The fraction of sp³-hybridized carbons (Fsp3) is 0.471. The molecule has 1 aromatic carbocycles. The summed E-state index contributed by atoms with van der Waals surface area (Å²) in [7, 11) is 0. The molecule has 1 aliphatic rings. The zero-order chi connectivity index (χ0) is 16.9. The SMILES string of the molecule is Cc1cccc(-c2n[nH]c(=S)n2CCC(=O)NC[C@@H]2CCCO2)c1. The van der Waals surface area contributed by atoms with E-state index in [-0.39, 0.29) is 12.0 Å². The summed E-state index contributed by atoms with van der Waals surface area (Å²) in [5.41, 5.74) is 2.14. The predicted molar refractivity (Wildman–Crippen MR) is 94.2 cm³/mol. The lowest BCUT2D eigenvalue weighted by molar-refractivity contribution is -0.121. The summed E-state index contributed by atoms with van der Waals surface area (Å²) >= 11 is 5.30. The lowest BCUT2D eigenvalue weighted by Gasteiger charge is -2.11. The summed E-state index contributed by atoms with van der Waals surface area (Å²) in [5.74, 6) is 0.763. The molecule has 0 spiro atoms. The Hall–Kier alpha value is -1.99. The molecule has 2 aromatic rings. The number of H-pyrrole nitrogens is 1. The standard InChI is InChI=1S/C17H22N4O2S/c1-12-4-2-5-13(10-12)16-19-20-17(24)21(16)8-7-15(22)18-11-14-6-3-9-23-14/h2,4-5,10,14H,3,6-9,11H2,1H3,(H,18,22)(H,20,24)/t14-/m0/s1. The molecule has 2 heterocycles. The van der Waals surface area contributed by atoms with Crippen molar-refractivity contribution in [3.05, 3.63) is 34.6 Å². The minimum atomic E-state index is 0.00351. The third-order valence-corrected chi connectivity index (χ3v) is 4.46. The van der Waals surface area contributed by atoms with Gasteiger partial charge in [0.05, 0.1) is 6.10 Å². The van der Waals surface area contributed by atoms with Gasteiger partial charge in [0.1, 0.15) is 0 Å². The maximum atomic E-state index is 12.1. The van der Waals surface area contributed by atoms with Crippen molar-refractivity contribution in [3.8, 4) is 11.4 Å². The van der Waals surface area contributed by atoms with Gasteiger partial charge in [-0.3, -0.25) is 14.5 Å². The average molecular weight is 346 g/mol. The van der Waals surface area contributed by atoms with Crippen LogP contribution in [0.15, 0.2) is 24.3 Å². The fourth-order valence-corrected chi connectivity index (χ4v) is 3.09. The normalized spacial score (nSPS) is 17.1. The molecule has 6 nitrogen and oxygen atoms in total. The number of benzene rings is 1. The highest BCUT2D eigenvalue weighted by molar-refractivity contribution is 7.71. The van der Waals surface area contributed by atoms with Gasteiger partial charge in [-0.1, -0.05) is 23.8 Å². The van der Waals surface area contributed by atoms with Crippen molar-refractivity contribution in [3.63, 3.8) is 0 Å². The molecule has 1 aromatic heterocycles. The lowest BCUT2D eigenvalue weighted by Crippen LogP contribution is -2.32. The van der Waals surface area contributed by atoms with E-state index in [0.717, 1.165) is 36.4 Å². The van der Waals surface area contributed by atoms with E-state index in [1.807, 2.05) is 29.7 Å². The van der Waals surface area contributed by atoms with Gasteiger partial charge in [0.2, 0.25) is 5.91 Å². The van der Waals surface area contributed by atoms with Gasteiger partial charge in [0.15, 0.2) is 10.6 Å². The summed E-state index contributed by atoms with van der Waals surface area (Å²) in [6, 6.07) is 8.07. The van der Waals surface area contributed by atoms with Gasteiger partial charge in [-0.15, -0.1) is 0 Å². The first-order valence-corrected chi connectivity index (χ1v) is 8.65. The molecule has 1 aliphatic heterocycles. The number of carbonyl (C=O) groups is 1. The number of aromatic amines is 1. The molecule has 0 radical (unpaired) electrons. The average Bonchev–Trinajstić information content (AvgIpc) is 3.21. The number of hydrogen-bond donors (Lipinski definition) is 2. The Morgan fingerprint density at radius 3 is 3.17 bits per heavy atom. The predicted octanol–water partition coefficient (Wildman–Crippen LogP) is 2.60. The van der Waals surface area contributed by atoms with Crippen molar-refractivity contribution in [1.82, 2.24) is 20.1 Å². The molecule has 2 N–H and O–H groups in total. The lowest BCUT2D eigenvalue weighted by atomic mass is 10.1. The highest BCUT2D eigenvalue weighted by Crippen LogP contribution is 2.18. The molecular weight excluding hydrogens is 324 g/mol. The molecule has 128 valence electrons. The summed E-state index contributed by atoms with van der Waals surface area (Å²) in [4.78, 5) is 12.1. The third kappa shape index (κ3) is 4.10. The summed E-state index contributed by atoms with van der Waals surface area (Å²) in [5, 5.41) is 10.1. The van der Waals surface area contributed by atoms with Crippen molar-refractivity contribution >= 4 is 18.1 Å². The van der Waals surface area contributed by atoms with Gasteiger partial charge in [0, 0.05) is 31.7 Å². The maximum absolute atomic E-state index is 12.1. The molecule has 0 saturated carbocycles. The zero-order valence-corrected chi connectivity index (χ0v) is 14.6. The first-order valence-electron chi connectivity index (χ1n) is 8.24. The molecule has 3 rings (SSSR count). The van der Waals surface area contributed by atoms with E-state index < -0.39 is 0 Å². The quantitative estimate of drug-likeness (QED) is 0.789. The number of nitrogens with one attached hydrogen (secondary N) is 2. The van der Waals surface area contributed by atoms with E-state index in [0.29, 0.717) is 24.3 Å². The van der Waals surface area contributed by atoms with E-state index in [1.54, 1.807) is 0 Å². The molecule has 1 atom stereocenters. The fourth-order valence-electron chi connectivity index (χ4n) is 2.86. The molecule has 1 amide bonds. The number of aromatic nitrogens is 3. The molecule has 1 saturated heterocycles. The van der Waals surface area contributed by atoms with Crippen LogP contribution in [0.5, 0.6) is 0 Å². The van der Waals surface area contributed by atoms with Crippen molar-refractivity contribution < 1.29 is 9.53 Å². The van der Waals surface area contributed by atoms with Crippen LogP contribution in [0.3, 0.4) is 0 Å². The number of rotatable bonds is 6. The van der Waals surface area contributed by atoms with Gasteiger partial charge >= 0.3 is 0 Å². The van der Waals surface area contributed by atoms with Crippen LogP contribution >= 0.6 is 12.2 Å². The second kappa shape index (κ2) is 7.72. The van der Waals surface area contributed by atoms with Gasteiger partial charge in [0.25, 0.3) is 0 Å². The molecular formula is C17H22N4O2S. The molecule has 24 heavy (non-hydrogen) atoms. The number of ether oxygens (including phenoxy) is 1. The van der Waals surface area contributed by atoms with Crippen LogP contribution in [0.25, 0.3) is 11.4 Å². The molecule has 0 bridgehead atoms. The minimum Gasteiger partial charge on any atom is -0.376 e. The van der Waals surface area contributed by atoms with Gasteiger partial charge in [-0.2, -0.15) is 5.10 Å². The van der Waals surface area contributed by atoms with Crippen LogP contribution in [-0.4, -0.2) is 39.9 Å². The van der Waals surface area contributed by atoms with E-state index >= 15 is 0 Å². The van der Waals surface area contributed by atoms with Crippen molar-refractivity contribution in [2.24, 2.45) is 0 Å². The second-order valence-electron chi connectivity index (χ2n) is 6.06. The Labute approximate surface area is 146 Å². The van der Waals surface area contributed by atoms with E-state index in [2.05, 4.69) is 21.6 Å².